The Morgan fingerprint density at radius 3 is 2.48 bits per heavy atom. The lowest BCUT2D eigenvalue weighted by Crippen LogP contribution is -2.33. The lowest BCUT2D eigenvalue weighted by molar-refractivity contribution is 0.0636. The number of nitrogens with one attached hydrogen (secondary N) is 2. The van der Waals surface area contributed by atoms with E-state index in [0.717, 1.165) is 22.9 Å². The molecule has 0 bridgehead atoms. The maximum atomic E-state index is 11.8. The highest BCUT2D eigenvalue weighted by molar-refractivity contribution is 5.86. The van der Waals surface area contributed by atoms with E-state index in [2.05, 4.69) is 23.6 Å². The van der Waals surface area contributed by atoms with Crippen LogP contribution in [0.1, 0.15) is 46.1 Å². The third-order valence-corrected chi connectivity index (χ3v) is 3.61. The van der Waals surface area contributed by atoms with E-state index >= 15 is 0 Å². The van der Waals surface area contributed by atoms with Gasteiger partial charge in [0.05, 0.1) is 0 Å². The summed E-state index contributed by atoms with van der Waals surface area (Å²) in [7, 11) is 0. The molecule has 0 radical (unpaired) electrons. The zero-order valence-corrected chi connectivity index (χ0v) is 13.6. The van der Waals surface area contributed by atoms with Crippen LogP contribution in [0.3, 0.4) is 0 Å². The van der Waals surface area contributed by atoms with Gasteiger partial charge in [-0.2, -0.15) is 0 Å². The lowest BCUT2D eigenvalue weighted by Gasteiger charge is -2.34. The number of aryl methyl sites for hydroxylation is 1. The average molecular weight is 290 g/mol. The van der Waals surface area contributed by atoms with Crippen LogP contribution in [-0.4, -0.2) is 17.7 Å². The molecule has 0 unspecified atom stereocenters. The zero-order chi connectivity index (χ0) is 15.6. The minimum absolute atomic E-state index is 0.417. The molecule has 1 aliphatic rings. The molecular weight excluding hydrogens is 264 g/mol. The fourth-order valence-corrected chi connectivity index (χ4v) is 2.56. The van der Waals surface area contributed by atoms with Gasteiger partial charge in [-0.3, -0.25) is 5.32 Å². The zero-order valence-electron chi connectivity index (χ0n) is 13.6. The van der Waals surface area contributed by atoms with Crippen LogP contribution in [0.25, 0.3) is 0 Å². The van der Waals surface area contributed by atoms with Crippen molar-refractivity contribution in [1.29, 1.82) is 0 Å². The van der Waals surface area contributed by atoms with E-state index in [1.165, 1.54) is 12.8 Å². The molecule has 4 heteroatoms. The van der Waals surface area contributed by atoms with Crippen molar-refractivity contribution in [2.24, 2.45) is 5.92 Å². The monoisotopic (exact) mass is 290 g/mol. The molecule has 0 aliphatic heterocycles. The van der Waals surface area contributed by atoms with Crippen molar-refractivity contribution >= 4 is 17.5 Å². The number of amides is 1. The Morgan fingerprint density at radius 1 is 1.29 bits per heavy atom. The molecule has 1 saturated carbocycles. The first-order valence-electron chi connectivity index (χ1n) is 7.60. The van der Waals surface area contributed by atoms with Crippen LogP contribution in [0.5, 0.6) is 0 Å². The highest BCUT2D eigenvalue weighted by Crippen LogP contribution is 2.30. The fourth-order valence-electron chi connectivity index (χ4n) is 2.56. The van der Waals surface area contributed by atoms with E-state index in [-0.39, 0.29) is 0 Å². The topological polar surface area (TPSA) is 50.4 Å². The average Bonchev–Trinajstić information content (AvgIpc) is 2.28. The van der Waals surface area contributed by atoms with E-state index in [1.54, 1.807) is 0 Å². The predicted octanol–water partition coefficient (Wildman–Crippen LogP) is 4.55. The largest absolute Gasteiger partial charge is 0.444 e. The number of anilines is 2. The number of benzene rings is 1. The summed E-state index contributed by atoms with van der Waals surface area (Å²) in [6.07, 6.45) is 2.05. The maximum Gasteiger partial charge on any atom is 0.412 e. The number of hydrogen-bond donors (Lipinski definition) is 2. The SMILES string of the molecule is Cc1cc(NC2CC(C)C2)ccc1NC(=O)OC(C)(C)C. The van der Waals surface area contributed by atoms with E-state index in [0.29, 0.717) is 6.04 Å². The molecule has 1 amide bonds. The summed E-state index contributed by atoms with van der Waals surface area (Å²) in [5.41, 5.74) is 2.44. The van der Waals surface area contributed by atoms with E-state index in [9.17, 15) is 4.79 Å². The van der Waals surface area contributed by atoms with Gasteiger partial charge in [0.2, 0.25) is 0 Å². The highest BCUT2D eigenvalue weighted by atomic mass is 16.6. The van der Waals surface area contributed by atoms with Crippen molar-refractivity contribution in [3.8, 4) is 0 Å². The molecule has 1 aliphatic carbocycles. The Kier molecular flexibility index (Phi) is 4.45. The van der Waals surface area contributed by atoms with Crippen LogP contribution < -0.4 is 10.6 Å². The maximum absolute atomic E-state index is 11.8. The highest BCUT2D eigenvalue weighted by Gasteiger charge is 2.25. The summed E-state index contributed by atoms with van der Waals surface area (Å²) in [5, 5.41) is 6.32. The second kappa shape index (κ2) is 5.96. The number of carbonyl (C=O) groups excluding carboxylic acids is 1. The van der Waals surface area contributed by atoms with Crippen molar-refractivity contribution in [1.82, 2.24) is 0 Å². The van der Waals surface area contributed by atoms with Crippen LogP contribution in [0.2, 0.25) is 0 Å². The first-order chi connectivity index (χ1) is 9.73. The molecule has 4 nitrogen and oxygen atoms in total. The van der Waals surface area contributed by atoms with Crippen LogP contribution in [0.4, 0.5) is 16.2 Å². The Balaban J connectivity index is 1.94. The smallest absolute Gasteiger partial charge is 0.412 e. The molecule has 116 valence electrons. The summed E-state index contributed by atoms with van der Waals surface area (Å²) < 4.78 is 5.26. The summed E-state index contributed by atoms with van der Waals surface area (Å²) >= 11 is 0. The number of ether oxygens (including phenoxy) is 1. The van der Waals surface area contributed by atoms with Gasteiger partial charge >= 0.3 is 6.09 Å². The fraction of sp³-hybridized carbons (Fsp3) is 0.588. The molecule has 0 spiro atoms. The molecule has 2 rings (SSSR count). The molecule has 0 heterocycles. The second-order valence-electron chi connectivity index (χ2n) is 7.07. The lowest BCUT2D eigenvalue weighted by atomic mass is 9.82. The third kappa shape index (κ3) is 4.66. The molecule has 1 aromatic rings. The summed E-state index contributed by atoms with van der Waals surface area (Å²) in [4.78, 5) is 11.8. The van der Waals surface area contributed by atoms with Gasteiger partial charge in [-0.1, -0.05) is 6.92 Å². The van der Waals surface area contributed by atoms with Crippen molar-refractivity contribution in [2.45, 2.75) is 59.1 Å². The normalized spacial score (nSPS) is 21.4. The van der Waals surface area contributed by atoms with E-state index in [1.807, 2.05) is 39.8 Å². The Morgan fingerprint density at radius 2 is 1.95 bits per heavy atom. The van der Waals surface area contributed by atoms with Crippen molar-refractivity contribution in [3.63, 3.8) is 0 Å². The van der Waals surface area contributed by atoms with Crippen molar-refractivity contribution in [3.05, 3.63) is 23.8 Å². The molecular formula is C17H26N2O2. The molecule has 1 fully saturated rings. The number of carbonyl (C=O) groups is 1. The summed E-state index contributed by atoms with van der Waals surface area (Å²) in [5.74, 6) is 0.830. The minimum Gasteiger partial charge on any atom is -0.444 e. The van der Waals surface area contributed by atoms with Crippen LogP contribution in [-0.2, 0) is 4.74 Å². The van der Waals surface area contributed by atoms with Crippen molar-refractivity contribution < 1.29 is 9.53 Å². The van der Waals surface area contributed by atoms with Gasteiger partial charge < -0.3 is 10.1 Å². The van der Waals surface area contributed by atoms with E-state index < -0.39 is 11.7 Å². The molecule has 0 atom stereocenters. The molecule has 21 heavy (non-hydrogen) atoms. The van der Waals surface area contributed by atoms with Crippen LogP contribution >= 0.6 is 0 Å². The predicted molar refractivity (Wildman–Crippen MR) is 86.8 cm³/mol. The van der Waals surface area contributed by atoms with Gasteiger partial charge in [0.1, 0.15) is 5.60 Å². The van der Waals surface area contributed by atoms with E-state index in [4.69, 9.17) is 4.74 Å². The van der Waals surface area contributed by atoms with Gasteiger partial charge in [-0.25, -0.2) is 4.79 Å². The Labute approximate surface area is 127 Å². The van der Waals surface area contributed by atoms with Crippen LogP contribution in [0, 0.1) is 12.8 Å². The van der Waals surface area contributed by atoms with Crippen LogP contribution in [0.15, 0.2) is 18.2 Å². The minimum atomic E-state index is -0.486. The van der Waals surface area contributed by atoms with Gasteiger partial charge in [0, 0.05) is 17.4 Å². The van der Waals surface area contributed by atoms with Gasteiger partial charge in [0.25, 0.3) is 0 Å². The molecule has 0 saturated heterocycles. The van der Waals surface area contributed by atoms with Gasteiger partial charge in [-0.15, -0.1) is 0 Å². The third-order valence-electron chi connectivity index (χ3n) is 3.61. The quantitative estimate of drug-likeness (QED) is 0.858. The summed E-state index contributed by atoms with van der Waals surface area (Å²) in [6.45, 7) is 9.82. The number of hydrogen-bond acceptors (Lipinski definition) is 3. The molecule has 1 aromatic carbocycles. The standard InChI is InChI=1S/C17H26N2O2/c1-11-8-14(9-11)18-13-6-7-15(12(2)10-13)19-16(20)21-17(3,4)5/h6-7,10-11,14,18H,8-9H2,1-5H3,(H,19,20). The van der Waals surface area contributed by atoms with Gasteiger partial charge in [-0.05, 0) is 70.2 Å². The first-order valence-corrected chi connectivity index (χ1v) is 7.60. The second-order valence-corrected chi connectivity index (χ2v) is 7.07. The molecule has 2 N–H and O–H groups in total. The summed E-state index contributed by atoms with van der Waals surface area (Å²) in [6, 6.07) is 6.58. The Bertz CT molecular complexity index is 514. The van der Waals surface area contributed by atoms with Crippen molar-refractivity contribution in [2.75, 3.05) is 10.6 Å². The molecule has 0 aromatic heterocycles. The van der Waals surface area contributed by atoms with Gasteiger partial charge in [0.15, 0.2) is 0 Å². The number of rotatable bonds is 3. The Hall–Kier alpha value is -1.71. The first kappa shape index (κ1) is 15.7.